The highest BCUT2D eigenvalue weighted by molar-refractivity contribution is 5.94. The van der Waals surface area contributed by atoms with Crippen molar-refractivity contribution in [3.63, 3.8) is 0 Å². The van der Waals surface area contributed by atoms with Crippen molar-refractivity contribution in [3.05, 3.63) is 65.5 Å². The molecule has 0 bridgehead atoms. The number of aromatic nitrogens is 1. The molecule has 4 heteroatoms. The molecule has 1 aromatic heterocycles. The van der Waals surface area contributed by atoms with Crippen LogP contribution in [0.3, 0.4) is 0 Å². The van der Waals surface area contributed by atoms with Crippen molar-refractivity contribution in [2.45, 2.75) is 38.1 Å². The predicted molar refractivity (Wildman–Crippen MR) is 103 cm³/mol. The van der Waals surface area contributed by atoms with Gasteiger partial charge in [0.15, 0.2) is 0 Å². The highest BCUT2D eigenvalue weighted by Crippen LogP contribution is 2.32. The molecule has 0 saturated carbocycles. The molecule has 4 rings (SSSR count). The molecule has 2 aliphatic heterocycles. The minimum Gasteiger partial charge on any atom is -0.330 e. The Morgan fingerprint density at radius 1 is 1.12 bits per heavy atom. The van der Waals surface area contributed by atoms with Crippen LogP contribution in [0.25, 0.3) is 0 Å². The van der Waals surface area contributed by atoms with Gasteiger partial charge < -0.3 is 10.2 Å². The van der Waals surface area contributed by atoms with Gasteiger partial charge in [-0.3, -0.25) is 9.78 Å². The molecule has 0 aliphatic carbocycles. The third-order valence-electron chi connectivity index (χ3n) is 5.70. The van der Waals surface area contributed by atoms with Crippen molar-refractivity contribution >= 4 is 5.91 Å². The largest absolute Gasteiger partial charge is 0.330 e. The monoisotopic (exact) mass is 349 g/mol. The summed E-state index contributed by atoms with van der Waals surface area (Å²) in [7, 11) is 0. The van der Waals surface area contributed by atoms with Crippen molar-refractivity contribution in [2.24, 2.45) is 5.92 Å². The summed E-state index contributed by atoms with van der Waals surface area (Å²) in [6.45, 7) is 3.05. The maximum Gasteiger partial charge on any atom is 0.254 e. The number of pyridine rings is 1. The number of carbonyl (C=O) groups excluding carboxylic acids is 1. The second-order valence-corrected chi connectivity index (χ2v) is 7.51. The molecule has 2 fully saturated rings. The van der Waals surface area contributed by atoms with Crippen LogP contribution in [0.2, 0.25) is 0 Å². The predicted octanol–water partition coefficient (Wildman–Crippen LogP) is 3.60. The van der Waals surface area contributed by atoms with Gasteiger partial charge in [-0.15, -0.1) is 0 Å². The number of amides is 1. The second-order valence-electron chi connectivity index (χ2n) is 7.51. The van der Waals surface area contributed by atoms with E-state index in [2.05, 4.69) is 22.4 Å². The lowest BCUT2D eigenvalue weighted by molar-refractivity contribution is 0.0733. The Hall–Kier alpha value is -2.20. The maximum absolute atomic E-state index is 13.2. The summed E-state index contributed by atoms with van der Waals surface area (Å²) in [6.07, 6.45) is 7.39. The van der Waals surface area contributed by atoms with Gasteiger partial charge in [-0.1, -0.05) is 18.2 Å². The maximum atomic E-state index is 13.2. The fourth-order valence-corrected chi connectivity index (χ4v) is 4.31. The van der Waals surface area contributed by atoms with Crippen LogP contribution in [-0.4, -0.2) is 35.4 Å². The minimum absolute atomic E-state index is 0.108. The zero-order valence-electron chi connectivity index (χ0n) is 15.2. The van der Waals surface area contributed by atoms with Crippen LogP contribution >= 0.6 is 0 Å². The summed E-state index contributed by atoms with van der Waals surface area (Å²) in [6, 6.07) is 14.3. The molecule has 2 aliphatic rings. The summed E-state index contributed by atoms with van der Waals surface area (Å²) in [5, 5.41) is 3.42. The molecule has 136 valence electrons. The first-order valence-corrected chi connectivity index (χ1v) is 9.83. The Morgan fingerprint density at radius 3 is 2.81 bits per heavy atom. The lowest BCUT2D eigenvalue weighted by Gasteiger charge is -2.25. The van der Waals surface area contributed by atoms with Gasteiger partial charge in [0.05, 0.1) is 11.7 Å². The van der Waals surface area contributed by atoms with E-state index >= 15 is 0 Å². The average molecular weight is 349 g/mol. The molecule has 26 heavy (non-hydrogen) atoms. The summed E-state index contributed by atoms with van der Waals surface area (Å²) >= 11 is 0. The zero-order valence-corrected chi connectivity index (χ0v) is 15.2. The van der Waals surface area contributed by atoms with Crippen LogP contribution in [-0.2, 0) is 6.42 Å². The first-order chi connectivity index (χ1) is 12.8. The van der Waals surface area contributed by atoms with E-state index in [1.807, 2.05) is 41.4 Å². The van der Waals surface area contributed by atoms with E-state index < -0.39 is 0 Å². The minimum atomic E-state index is 0.108. The van der Waals surface area contributed by atoms with Crippen LogP contribution in [0, 0.1) is 5.92 Å². The van der Waals surface area contributed by atoms with Crippen LogP contribution in [0.1, 0.15) is 53.3 Å². The van der Waals surface area contributed by atoms with Crippen LogP contribution in [0.15, 0.2) is 48.7 Å². The number of nitrogens with one attached hydrogen (secondary N) is 1. The highest BCUT2D eigenvalue weighted by Gasteiger charge is 2.31. The van der Waals surface area contributed by atoms with Crippen LogP contribution in [0.5, 0.6) is 0 Å². The lowest BCUT2D eigenvalue weighted by Crippen LogP contribution is -2.31. The van der Waals surface area contributed by atoms with Gasteiger partial charge in [-0.25, -0.2) is 0 Å². The van der Waals surface area contributed by atoms with Crippen molar-refractivity contribution in [3.8, 4) is 0 Å². The Morgan fingerprint density at radius 2 is 2.00 bits per heavy atom. The molecule has 1 N–H and O–H groups in total. The average Bonchev–Trinajstić information content (AvgIpc) is 3.19. The zero-order chi connectivity index (χ0) is 17.8. The molecule has 2 saturated heterocycles. The molecular weight excluding hydrogens is 322 g/mol. The Bertz CT molecular complexity index is 740. The molecule has 1 aromatic carbocycles. The van der Waals surface area contributed by atoms with Gasteiger partial charge in [-0.2, -0.15) is 0 Å². The fraction of sp³-hybridized carbons (Fsp3) is 0.455. The fourth-order valence-electron chi connectivity index (χ4n) is 4.31. The van der Waals surface area contributed by atoms with Crippen molar-refractivity contribution < 1.29 is 4.79 Å². The quantitative estimate of drug-likeness (QED) is 0.917. The van der Waals surface area contributed by atoms with Gasteiger partial charge in [0.1, 0.15) is 0 Å². The third kappa shape index (κ3) is 3.80. The molecule has 3 heterocycles. The highest BCUT2D eigenvalue weighted by atomic mass is 16.2. The first-order valence-electron chi connectivity index (χ1n) is 9.83. The SMILES string of the molecule is O=C(c1cccc(CC2CCNCC2)c1)N1CCC[C@H]1c1ccccn1. The van der Waals surface area contributed by atoms with Gasteiger partial charge in [0.25, 0.3) is 5.91 Å². The molecule has 1 atom stereocenters. The lowest BCUT2D eigenvalue weighted by atomic mass is 9.90. The number of rotatable bonds is 4. The first kappa shape index (κ1) is 17.2. The normalized spacial score (nSPS) is 21.1. The number of piperidine rings is 1. The van der Waals surface area contributed by atoms with Crippen LogP contribution < -0.4 is 5.32 Å². The van der Waals surface area contributed by atoms with Gasteiger partial charge >= 0.3 is 0 Å². The van der Waals surface area contributed by atoms with E-state index in [9.17, 15) is 4.79 Å². The smallest absolute Gasteiger partial charge is 0.254 e. The molecule has 2 aromatic rings. The Balaban J connectivity index is 1.49. The van der Waals surface area contributed by atoms with Crippen LogP contribution in [0.4, 0.5) is 0 Å². The summed E-state index contributed by atoms with van der Waals surface area (Å²) in [5.41, 5.74) is 3.11. The van der Waals surface area contributed by atoms with E-state index in [0.717, 1.165) is 56.1 Å². The van der Waals surface area contributed by atoms with E-state index in [1.165, 1.54) is 18.4 Å². The Labute approximate surface area is 155 Å². The number of likely N-dealkylation sites (tertiary alicyclic amines) is 1. The number of benzene rings is 1. The number of hydrogen-bond donors (Lipinski definition) is 1. The van der Waals surface area contributed by atoms with E-state index in [4.69, 9.17) is 0 Å². The van der Waals surface area contributed by atoms with Gasteiger partial charge in [-0.05, 0) is 80.9 Å². The molecule has 0 spiro atoms. The number of carbonyl (C=O) groups is 1. The number of hydrogen-bond acceptors (Lipinski definition) is 3. The second kappa shape index (κ2) is 8.00. The molecule has 0 radical (unpaired) electrons. The molecule has 1 amide bonds. The molecule has 4 nitrogen and oxygen atoms in total. The topological polar surface area (TPSA) is 45.2 Å². The molecule has 0 unspecified atom stereocenters. The standard InChI is InChI=1S/C22H27N3O/c26-22(25-14-4-8-21(25)20-7-1-2-11-24-20)19-6-3-5-18(16-19)15-17-9-12-23-13-10-17/h1-3,5-7,11,16-17,21,23H,4,8-10,12-15H2/t21-/m0/s1. The summed E-state index contributed by atoms with van der Waals surface area (Å²) in [5.74, 6) is 0.875. The van der Waals surface area contributed by atoms with E-state index in [0.29, 0.717) is 0 Å². The summed E-state index contributed by atoms with van der Waals surface area (Å²) in [4.78, 5) is 19.7. The summed E-state index contributed by atoms with van der Waals surface area (Å²) < 4.78 is 0. The Kier molecular flexibility index (Phi) is 5.30. The number of nitrogens with zero attached hydrogens (tertiary/aromatic N) is 2. The van der Waals surface area contributed by atoms with E-state index in [1.54, 1.807) is 0 Å². The molecular formula is C22H27N3O. The van der Waals surface area contributed by atoms with Crippen molar-refractivity contribution in [2.75, 3.05) is 19.6 Å². The van der Waals surface area contributed by atoms with Crippen molar-refractivity contribution in [1.29, 1.82) is 0 Å². The van der Waals surface area contributed by atoms with E-state index in [-0.39, 0.29) is 11.9 Å². The third-order valence-corrected chi connectivity index (χ3v) is 5.70. The van der Waals surface area contributed by atoms with Gasteiger partial charge in [0, 0.05) is 18.3 Å². The van der Waals surface area contributed by atoms with Crippen molar-refractivity contribution in [1.82, 2.24) is 15.2 Å². The van der Waals surface area contributed by atoms with Gasteiger partial charge in [0.2, 0.25) is 0 Å².